The molecule has 1 atom stereocenters. The van der Waals surface area contributed by atoms with Gasteiger partial charge in [0.2, 0.25) is 0 Å². The van der Waals surface area contributed by atoms with E-state index in [-0.39, 0.29) is 24.0 Å². The van der Waals surface area contributed by atoms with Gasteiger partial charge in [-0.1, -0.05) is 24.3 Å². The van der Waals surface area contributed by atoms with Gasteiger partial charge in [0, 0.05) is 52.4 Å². The number of nitrogens with zero attached hydrogens (tertiary/aromatic N) is 2. The molecule has 1 unspecified atom stereocenters. The molecule has 2 aromatic carbocycles. The predicted octanol–water partition coefficient (Wildman–Crippen LogP) is 3.41. The summed E-state index contributed by atoms with van der Waals surface area (Å²) in [5.41, 5.74) is 3.57. The van der Waals surface area contributed by atoms with E-state index >= 15 is 0 Å². The summed E-state index contributed by atoms with van der Waals surface area (Å²) in [5.74, 6) is 2.47. The number of benzene rings is 2. The zero-order chi connectivity index (χ0) is 22.1. The standard InChI is InChI=1S/C24H34N4O3.HI/c1-25-24(26-14-18-6-5-7-19(10-18)17-29-2)27-21-8-9-28(16-21)15-20-11-22(30-3)13-23(12-20)31-4;/h5-7,10-13,21H,8-9,14-17H2,1-4H3,(H2,25,26,27);1H. The number of methoxy groups -OCH3 is 3. The zero-order valence-electron chi connectivity index (χ0n) is 19.4. The Bertz CT molecular complexity index is 856. The minimum Gasteiger partial charge on any atom is -0.497 e. The van der Waals surface area contributed by atoms with Gasteiger partial charge in [-0.25, -0.2) is 0 Å². The molecule has 1 saturated heterocycles. The van der Waals surface area contributed by atoms with Crippen LogP contribution in [0.4, 0.5) is 0 Å². The molecule has 0 amide bonds. The van der Waals surface area contributed by atoms with Crippen molar-refractivity contribution in [3.63, 3.8) is 0 Å². The fourth-order valence-corrected chi connectivity index (χ4v) is 3.88. The van der Waals surface area contributed by atoms with Gasteiger partial charge in [0.25, 0.3) is 0 Å². The molecule has 1 heterocycles. The lowest BCUT2D eigenvalue weighted by atomic mass is 10.1. The predicted molar refractivity (Wildman–Crippen MR) is 139 cm³/mol. The van der Waals surface area contributed by atoms with Crippen molar-refractivity contribution in [2.45, 2.75) is 32.2 Å². The molecule has 0 radical (unpaired) electrons. The molecular formula is C24H35IN4O3. The van der Waals surface area contributed by atoms with E-state index < -0.39 is 0 Å². The third kappa shape index (κ3) is 7.83. The van der Waals surface area contributed by atoms with Crippen molar-refractivity contribution >= 4 is 29.9 Å². The third-order valence-electron chi connectivity index (χ3n) is 5.42. The molecular weight excluding hydrogens is 519 g/mol. The van der Waals surface area contributed by atoms with Crippen LogP contribution in [0.5, 0.6) is 11.5 Å². The average Bonchev–Trinajstić information content (AvgIpc) is 3.23. The summed E-state index contributed by atoms with van der Waals surface area (Å²) < 4.78 is 16.0. The lowest BCUT2D eigenvalue weighted by Gasteiger charge is -2.19. The monoisotopic (exact) mass is 554 g/mol. The van der Waals surface area contributed by atoms with Crippen LogP contribution in [0, 0.1) is 0 Å². The topological polar surface area (TPSA) is 67.4 Å². The first-order valence-electron chi connectivity index (χ1n) is 10.6. The molecule has 0 saturated carbocycles. The summed E-state index contributed by atoms with van der Waals surface area (Å²) in [4.78, 5) is 6.84. The maximum atomic E-state index is 5.39. The third-order valence-corrected chi connectivity index (χ3v) is 5.42. The lowest BCUT2D eigenvalue weighted by Crippen LogP contribution is -2.44. The molecule has 2 aromatic rings. The number of hydrogen-bond donors (Lipinski definition) is 2. The van der Waals surface area contributed by atoms with Crippen LogP contribution in [0.2, 0.25) is 0 Å². The first-order valence-corrected chi connectivity index (χ1v) is 10.6. The second-order valence-corrected chi connectivity index (χ2v) is 7.76. The van der Waals surface area contributed by atoms with E-state index in [4.69, 9.17) is 14.2 Å². The largest absolute Gasteiger partial charge is 0.497 e. The van der Waals surface area contributed by atoms with Crippen molar-refractivity contribution in [3.8, 4) is 11.5 Å². The van der Waals surface area contributed by atoms with Gasteiger partial charge in [0.15, 0.2) is 5.96 Å². The van der Waals surface area contributed by atoms with E-state index in [2.05, 4.69) is 56.9 Å². The van der Waals surface area contributed by atoms with Crippen LogP contribution in [0.15, 0.2) is 47.5 Å². The Morgan fingerprint density at radius 1 is 1.03 bits per heavy atom. The van der Waals surface area contributed by atoms with Crippen molar-refractivity contribution in [1.82, 2.24) is 15.5 Å². The van der Waals surface area contributed by atoms with Crippen LogP contribution in [-0.2, 0) is 24.4 Å². The van der Waals surface area contributed by atoms with E-state index in [1.807, 2.05) is 13.1 Å². The summed E-state index contributed by atoms with van der Waals surface area (Å²) in [6.07, 6.45) is 1.07. The summed E-state index contributed by atoms with van der Waals surface area (Å²) in [6, 6.07) is 14.8. The Kier molecular flexibility index (Phi) is 11.1. The summed E-state index contributed by atoms with van der Waals surface area (Å²) in [6.45, 7) is 4.20. The van der Waals surface area contributed by atoms with Crippen molar-refractivity contribution in [2.75, 3.05) is 41.5 Å². The minimum atomic E-state index is 0. The van der Waals surface area contributed by atoms with Crippen molar-refractivity contribution in [2.24, 2.45) is 4.99 Å². The number of likely N-dealkylation sites (tertiary alicyclic amines) is 1. The van der Waals surface area contributed by atoms with E-state index in [0.717, 1.165) is 50.1 Å². The van der Waals surface area contributed by atoms with Crippen LogP contribution in [0.25, 0.3) is 0 Å². The van der Waals surface area contributed by atoms with Gasteiger partial charge < -0.3 is 24.8 Å². The average molecular weight is 554 g/mol. The van der Waals surface area contributed by atoms with Gasteiger partial charge >= 0.3 is 0 Å². The van der Waals surface area contributed by atoms with E-state index in [1.54, 1.807) is 21.3 Å². The number of nitrogens with one attached hydrogen (secondary N) is 2. The molecule has 8 heteroatoms. The first kappa shape index (κ1) is 26.2. The van der Waals surface area contributed by atoms with E-state index in [1.165, 1.54) is 16.7 Å². The Morgan fingerprint density at radius 3 is 2.41 bits per heavy atom. The van der Waals surface area contributed by atoms with Crippen LogP contribution < -0.4 is 20.1 Å². The Balaban J connectivity index is 0.00000363. The quantitative estimate of drug-likeness (QED) is 0.282. The normalized spacial score (nSPS) is 16.4. The molecule has 1 fully saturated rings. The van der Waals surface area contributed by atoms with Crippen LogP contribution in [0.3, 0.4) is 0 Å². The van der Waals surface area contributed by atoms with Gasteiger partial charge in [-0.05, 0) is 35.2 Å². The van der Waals surface area contributed by atoms with Gasteiger partial charge in [-0.15, -0.1) is 24.0 Å². The van der Waals surface area contributed by atoms with Crippen molar-refractivity contribution in [3.05, 3.63) is 59.2 Å². The van der Waals surface area contributed by atoms with Gasteiger partial charge in [0.1, 0.15) is 11.5 Å². The molecule has 2 N–H and O–H groups in total. The Labute approximate surface area is 208 Å². The zero-order valence-corrected chi connectivity index (χ0v) is 21.7. The molecule has 0 bridgehead atoms. The highest BCUT2D eigenvalue weighted by Gasteiger charge is 2.23. The second kappa shape index (κ2) is 13.5. The number of hydrogen-bond acceptors (Lipinski definition) is 5. The molecule has 7 nitrogen and oxygen atoms in total. The van der Waals surface area contributed by atoms with Gasteiger partial charge in [-0.3, -0.25) is 9.89 Å². The van der Waals surface area contributed by atoms with E-state index in [9.17, 15) is 0 Å². The van der Waals surface area contributed by atoms with Crippen LogP contribution in [-0.4, -0.2) is 58.4 Å². The molecule has 176 valence electrons. The minimum absolute atomic E-state index is 0. The fourth-order valence-electron chi connectivity index (χ4n) is 3.88. The molecule has 1 aliphatic heterocycles. The number of halogens is 1. The van der Waals surface area contributed by atoms with Crippen LogP contribution in [0.1, 0.15) is 23.1 Å². The highest BCUT2D eigenvalue weighted by atomic mass is 127. The Hall–Kier alpha value is -2.04. The first-order chi connectivity index (χ1) is 15.1. The van der Waals surface area contributed by atoms with Gasteiger partial charge in [-0.2, -0.15) is 0 Å². The van der Waals surface area contributed by atoms with Gasteiger partial charge in [0.05, 0.1) is 20.8 Å². The highest BCUT2D eigenvalue weighted by Crippen LogP contribution is 2.24. The fraction of sp³-hybridized carbons (Fsp3) is 0.458. The maximum Gasteiger partial charge on any atom is 0.191 e. The van der Waals surface area contributed by atoms with Crippen LogP contribution >= 0.6 is 24.0 Å². The number of ether oxygens (including phenoxy) is 3. The molecule has 0 spiro atoms. The molecule has 3 rings (SSSR count). The number of guanidine groups is 1. The number of rotatable bonds is 9. The molecule has 0 aliphatic carbocycles. The number of aliphatic imine (C=N–C) groups is 1. The second-order valence-electron chi connectivity index (χ2n) is 7.76. The SMILES string of the molecule is CN=C(NCc1cccc(COC)c1)NC1CCN(Cc2cc(OC)cc(OC)c2)C1.I. The van der Waals surface area contributed by atoms with Crippen molar-refractivity contribution in [1.29, 1.82) is 0 Å². The maximum absolute atomic E-state index is 5.39. The lowest BCUT2D eigenvalue weighted by molar-refractivity contribution is 0.185. The molecule has 1 aliphatic rings. The summed E-state index contributed by atoms with van der Waals surface area (Å²) in [7, 11) is 6.89. The summed E-state index contributed by atoms with van der Waals surface area (Å²) >= 11 is 0. The molecule has 0 aromatic heterocycles. The summed E-state index contributed by atoms with van der Waals surface area (Å²) in [5, 5.41) is 6.98. The smallest absolute Gasteiger partial charge is 0.191 e. The Morgan fingerprint density at radius 2 is 1.75 bits per heavy atom. The van der Waals surface area contributed by atoms with Crippen molar-refractivity contribution < 1.29 is 14.2 Å². The highest BCUT2D eigenvalue weighted by molar-refractivity contribution is 14.0. The molecule has 32 heavy (non-hydrogen) atoms. The van der Waals surface area contributed by atoms with E-state index in [0.29, 0.717) is 12.6 Å².